The highest BCUT2D eigenvalue weighted by atomic mass is 16.5. The summed E-state index contributed by atoms with van der Waals surface area (Å²) in [5, 5.41) is 5.31. The van der Waals surface area contributed by atoms with Gasteiger partial charge in [0, 0.05) is 7.11 Å². The molecule has 0 aliphatic carbocycles. The van der Waals surface area contributed by atoms with Crippen molar-refractivity contribution < 1.29 is 4.74 Å². The second-order valence-electron chi connectivity index (χ2n) is 1.36. The summed E-state index contributed by atoms with van der Waals surface area (Å²) >= 11 is 0. The number of ether oxygens (including phenoxy) is 1. The molecular weight excluding hydrogens is 108 g/mol. The van der Waals surface area contributed by atoms with E-state index in [2.05, 4.69) is 16.2 Å². The van der Waals surface area contributed by atoms with Gasteiger partial charge >= 0.3 is 0 Å². The Morgan fingerprint density at radius 3 is 3.25 bits per heavy atom. The van der Waals surface area contributed by atoms with Gasteiger partial charge in [-0.15, -0.1) is 5.53 Å². The standard InChI is InChI=1S/C3H8N4O/c1-8-3-7-2-4-5-6-7/h2,5-6H,3H2,1H3. The number of hydrogen-bond acceptors (Lipinski definition) is 5. The van der Waals surface area contributed by atoms with Gasteiger partial charge in [-0.1, -0.05) is 0 Å². The first-order valence-electron chi connectivity index (χ1n) is 2.23. The van der Waals surface area contributed by atoms with Crippen LogP contribution in [0.2, 0.25) is 0 Å². The van der Waals surface area contributed by atoms with E-state index in [-0.39, 0.29) is 0 Å². The molecule has 0 atom stereocenters. The third-order valence-electron chi connectivity index (χ3n) is 0.723. The number of hydrogen-bond donors (Lipinski definition) is 2. The Bertz CT molecular complexity index is 93.3. The molecule has 1 rings (SSSR count). The first kappa shape index (κ1) is 5.33. The zero-order chi connectivity index (χ0) is 5.82. The van der Waals surface area contributed by atoms with Gasteiger partial charge in [-0.05, 0) is 0 Å². The molecule has 1 aliphatic rings. The van der Waals surface area contributed by atoms with Crippen LogP contribution in [0, 0.1) is 0 Å². The van der Waals surface area contributed by atoms with Crippen LogP contribution >= 0.6 is 0 Å². The molecule has 5 heteroatoms. The van der Waals surface area contributed by atoms with Crippen molar-refractivity contribution >= 4 is 6.34 Å². The smallest absolute Gasteiger partial charge is 0.135 e. The molecule has 5 nitrogen and oxygen atoms in total. The van der Waals surface area contributed by atoms with Gasteiger partial charge in [-0.25, -0.2) is 5.53 Å². The van der Waals surface area contributed by atoms with E-state index >= 15 is 0 Å². The second-order valence-corrected chi connectivity index (χ2v) is 1.36. The average molecular weight is 116 g/mol. The summed E-state index contributed by atoms with van der Waals surface area (Å²) in [6.07, 6.45) is 1.60. The number of hydrazine groups is 2. The second kappa shape index (κ2) is 2.49. The van der Waals surface area contributed by atoms with E-state index < -0.39 is 0 Å². The van der Waals surface area contributed by atoms with E-state index in [9.17, 15) is 0 Å². The minimum absolute atomic E-state index is 0.497. The predicted octanol–water partition coefficient (Wildman–Crippen LogP) is -1.14. The van der Waals surface area contributed by atoms with Gasteiger partial charge < -0.3 is 4.74 Å². The van der Waals surface area contributed by atoms with Crippen molar-refractivity contribution in [2.24, 2.45) is 5.10 Å². The lowest BCUT2D eigenvalue weighted by molar-refractivity contribution is 0.0815. The van der Waals surface area contributed by atoms with Crippen molar-refractivity contribution in [1.82, 2.24) is 16.1 Å². The van der Waals surface area contributed by atoms with Crippen molar-refractivity contribution in [2.75, 3.05) is 13.8 Å². The Labute approximate surface area is 47.2 Å². The molecule has 0 aromatic heterocycles. The molecule has 0 saturated carbocycles. The zero-order valence-corrected chi connectivity index (χ0v) is 4.59. The Kier molecular flexibility index (Phi) is 1.66. The summed E-state index contributed by atoms with van der Waals surface area (Å²) in [4.78, 5) is 0. The van der Waals surface area contributed by atoms with Crippen molar-refractivity contribution in [3.8, 4) is 0 Å². The monoisotopic (exact) mass is 116 g/mol. The Hall–Kier alpha value is -0.810. The topological polar surface area (TPSA) is 48.9 Å². The molecule has 0 spiro atoms. The first-order valence-corrected chi connectivity index (χ1v) is 2.23. The molecule has 0 aromatic carbocycles. The van der Waals surface area contributed by atoms with Crippen LogP contribution < -0.4 is 11.1 Å². The van der Waals surface area contributed by atoms with Gasteiger partial charge in [0.25, 0.3) is 0 Å². The van der Waals surface area contributed by atoms with Gasteiger partial charge in [0.15, 0.2) is 0 Å². The van der Waals surface area contributed by atoms with Gasteiger partial charge in [-0.2, -0.15) is 5.10 Å². The maximum absolute atomic E-state index is 4.76. The van der Waals surface area contributed by atoms with Crippen LogP contribution in [0.4, 0.5) is 0 Å². The van der Waals surface area contributed by atoms with Crippen molar-refractivity contribution in [1.29, 1.82) is 0 Å². The Balaban J connectivity index is 2.16. The molecule has 0 radical (unpaired) electrons. The first-order chi connectivity index (χ1) is 3.93. The largest absolute Gasteiger partial charge is 0.363 e. The number of nitrogens with zero attached hydrogens (tertiary/aromatic N) is 2. The van der Waals surface area contributed by atoms with E-state index in [4.69, 9.17) is 4.74 Å². The quantitative estimate of drug-likeness (QED) is 0.478. The maximum atomic E-state index is 4.76. The fourth-order valence-corrected chi connectivity index (χ4v) is 0.425. The number of methoxy groups -OCH3 is 1. The van der Waals surface area contributed by atoms with Crippen LogP contribution in [0.5, 0.6) is 0 Å². The van der Waals surface area contributed by atoms with E-state index in [0.29, 0.717) is 6.73 Å². The number of nitrogens with one attached hydrogen (secondary N) is 2. The van der Waals surface area contributed by atoms with Crippen molar-refractivity contribution in [2.45, 2.75) is 0 Å². The Morgan fingerprint density at radius 1 is 1.88 bits per heavy atom. The summed E-state index contributed by atoms with van der Waals surface area (Å²) in [6, 6.07) is 0. The molecule has 0 fully saturated rings. The van der Waals surface area contributed by atoms with Gasteiger partial charge in [-0.3, -0.25) is 5.01 Å². The van der Waals surface area contributed by atoms with Crippen LogP contribution in [0.15, 0.2) is 5.10 Å². The molecule has 0 unspecified atom stereocenters. The van der Waals surface area contributed by atoms with Gasteiger partial charge in [0.1, 0.15) is 13.1 Å². The fraction of sp³-hybridized carbons (Fsp3) is 0.667. The predicted molar refractivity (Wildman–Crippen MR) is 28.5 cm³/mol. The van der Waals surface area contributed by atoms with Crippen molar-refractivity contribution in [3.05, 3.63) is 0 Å². The molecular formula is C3H8N4O. The van der Waals surface area contributed by atoms with E-state index in [0.717, 1.165) is 0 Å². The van der Waals surface area contributed by atoms with Crippen LogP contribution in [0.3, 0.4) is 0 Å². The summed E-state index contributed by atoms with van der Waals surface area (Å²) in [7, 11) is 1.62. The lowest BCUT2D eigenvalue weighted by Gasteiger charge is -2.09. The molecule has 46 valence electrons. The van der Waals surface area contributed by atoms with E-state index in [1.54, 1.807) is 18.5 Å². The Morgan fingerprint density at radius 2 is 2.75 bits per heavy atom. The molecule has 0 aromatic rings. The highest BCUT2D eigenvalue weighted by Crippen LogP contribution is 1.78. The number of hydrazone groups is 1. The molecule has 0 bridgehead atoms. The normalized spacial score (nSPS) is 16.9. The molecule has 1 aliphatic heterocycles. The molecule has 0 amide bonds. The number of rotatable bonds is 2. The molecule has 8 heavy (non-hydrogen) atoms. The SMILES string of the molecule is COCN1C=NNN1. The van der Waals surface area contributed by atoms with E-state index in [1.165, 1.54) is 0 Å². The molecule has 0 saturated heterocycles. The highest BCUT2D eigenvalue weighted by molar-refractivity contribution is 5.54. The van der Waals surface area contributed by atoms with Gasteiger partial charge in [0.2, 0.25) is 0 Å². The van der Waals surface area contributed by atoms with Crippen LogP contribution in [-0.4, -0.2) is 25.2 Å². The summed E-state index contributed by atoms with van der Waals surface area (Å²) in [5.74, 6) is 0. The summed E-state index contributed by atoms with van der Waals surface area (Å²) in [6.45, 7) is 0.497. The van der Waals surface area contributed by atoms with Crippen LogP contribution in [0.1, 0.15) is 0 Å². The molecule has 2 N–H and O–H groups in total. The maximum Gasteiger partial charge on any atom is 0.135 e. The average Bonchev–Trinajstić information content (AvgIpc) is 2.19. The van der Waals surface area contributed by atoms with Crippen molar-refractivity contribution in [3.63, 3.8) is 0 Å². The van der Waals surface area contributed by atoms with E-state index in [1.807, 2.05) is 0 Å². The highest BCUT2D eigenvalue weighted by Gasteiger charge is 1.99. The molecule has 1 heterocycles. The third-order valence-corrected chi connectivity index (χ3v) is 0.723. The van der Waals surface area contributed by atoms with Gasteiger partial charge in [0.05, 0.1) is 0 Å². The van der Waals surface area contributed by atoms with Crippen LogP contribution in [-0.2, 0) is 4.74 Å². The minimum atomic E-state index is 0.497. The summed E-state index contributed by atoms with van der Waals surface area (Å²) in [5.41, 5.74) is 5.22. The minimum Gasteiger partial charge on any atom is -0.363 e. The lowest BCUT2D eigenvalue weighted by Crippen LogP contribution is -2.38. The van der Waals surface area contributed by atoms with Crippen LogP contribution in [0.25, 0.3) is 0 Å². The summed E-state index contributed by atoms with van der Waals surface area (Å²) < 4.78 is 4.76. The zero-order valence-electron chi connectivity index (χ0n) is 4.59. The third kappa shape index (κ3) is 1.08. The fourth-order valence-electron chi connectivity index (χ4n) is 0.425. The lowest BCUT2D eigenvalue weighted by atomic mass is 11.0.